The second-order valence-electron chi connectivity index (χ2n) is 2.92. The minimum Gasteiger partial charge on any atom is -0.363 e. The van der Waals surface area contributed by atoms with Crippen LogP contribution in [-0.4, -0.2) is 9.37 Å². The van der Waals surface area contributed by atoms with E-state index in [9.17, 15) is 4.21 Å². The summed E-state index contributed by atoms with van der Waals surface area (Å²) in [5.74, 6) is 0. The molecule has 0 radical (unpaired) electrons. The lowest BCUT2D eigenvalue weighted by molar-refractivity contribution is 0.413. The molecule has 1 unspecified atom stereocenters. The Morgan fingerprint density at radius 3 is 2.21 bits per heavy atom. The predicted molar refractivity (Wildman–Crippen MR) is 57.0 cm³/mol. The zero-order valence-corrected chi connectivity index (χ0v) is 9.76. The highest BCUT2D eigenvalue weighted by atomic mass is 32.2. The van der Waals surface area contributed by atoms with Gasteiger partial charge in [-0.3, -0.25) is 0 Å². The molecule has 14 heavy (non-hydrogen) atoms. The maximum atomic E-state index is 10.5. The minimum atomic E-state index is -1.47. The van der Waals surface area contributed by atoms with Crippen molar-refractivity contribution in [2.24, 2.45) is 5.14 Å². The fraction of sp³-hybridized carbons (Fsp3) is 0.667. The van der Waals surface area contributed by atoms with Crippen molar-refractivity contribution in [1.82, 2.24) is 5.16 Å². The van der Waals surface area contributed by atoms with Crippen molar-refractivity contribution in [1.29, 1.82) is 0 Å². The molecule has 1 heterocycles. The molecule has 82 valence electrons. The Morgan fingerprint density at radius 2 is 2.07 bits per heavy atom. The highest BCUT2D eigenvalue weighted by Gasteiger charge is 2.05. The molecule has 0 aliphatic heterocycles. The third-order valence-electron chi connectivity index (χ3n) is 1.63. The first-order chi connectivity index (χ1) is 6.63. The number of nitrogens with two attached hydrogens (primary N) is 1. The van der Waals surface area contributed by atoms with E-state index in [1.807, 2.05) is 0 Å². The van der Waals surface area contributed by atoms with Crippen LogP contribution >= 0.6 is 0 Å². The SMILES string of the molecule is CCCCC.Cc1nocc1S(N)=O. The van der Waals surface area contributed by atoms with Gasteiger partial charge in [-0.2, -0.15) is 0 Å². The van der Waals surface area contributed by atoms with Gasteiger partial charge in [0.1, 0.15) is 22.1 Å². The van der Waals surface area contributed by atoms with Crippen molar-refractivity contribution in [2.75, 3.05) is 0 Å². The summed E-state index contributed by atoms with van der Waals surface area (Å²) in [5, 5.41) is 8.52. The number of hydrogen-bond donors (Lipinski definition) is 1. The molecule has 0 amide bonds. The molecule has 1 aromatic heterocycles. The quantitative estimate of drug-likeness (QED) is 0.845. The number of hydrogen-bond acceptors (Lipinski definition) is 3. The minimum absolute atomic E-state index is 0.454. The smallest absolute Gasteiger partial charge is 0.141 e. The number of unbranched alkanes of at least 4 members (excludes halogenated alkanes) is 2. The predicted octanol–water partition coefficient (Wildman–Crippen LogP) is 2.16. The maximum Gasteiger partial charge on any atom is 0.141 e. The number of aryl methyl sites for hydroxylation is 1. The fourth-order valence-electron chi connectivity index (χ4n) is 0.830. The summed E-state index contributed by atoms with van der Waals surface area (Å²) >= 11 is 0. The highest BCUT2D eigenvalue weighted by Crippen LogP contribution is 2.06. The molecular weight excluding hydrogens is 200 g/mol. The normalized spacial score (nSPS) is 11.7. The van der Waals surface area contributed by atoms with E-state index in [2.05, 4.69) is 23.5 Å². The zero-order chi connectivity index (χ0) is 11.0. The van der Waals surface area contributed by atoms with Gasteiger partial charge in [-0.25, -0.2) is 9.35 Å². The average Bonchev–Trinajstić information content (AvgIpc) is 2.54. The molecule has 1 aromatic rings. The van der Waals surface area contributed by atoms with E-state index in [4.69, 9.17) is 5.14 Å². The zero-order valence-electron chi connectivity index (χ0n) is 8.95. The molecule has 0 fully saturated rings. The van der Waals surface area contributed by atoms with Gasteiger partial charge in [0.25, 0.3) is 0 Å². The van der Waals surface area contributed by atoms with Crippen LogP contribution < -0.4 is 5.14 Å². The Morgan fingerprint density at radius 1 is 1.50 bits per heavy atom. The first kappa shape index (κ1) is 13.3. The molecule has 1 rings (SSSR count). The summed E-state index contributed by atoms with van der Waals surface area (Å²) < 4.78 is 15.0. The van der Waals surface area contributed by atoms with Gasteiger partial charge in [-0.15, -0.1) is 0 Å². The van der Waals surface area contributed by atoms with Crippen LogP contribution in [0.1, 0.15) is 38.8 Å². The van der Waals surface area contributed by atoms with Crippen LogP contribution in [-0.2, 0) is 11.0 Å². The van der Waals surface area contributed by atoms with E-state index in [-0.39, 0.29) is 0 Å². The molecule has 0 aliphatic rings. The summed E-state index contributed by atoms with van der Waals surface area (Å²) in [7, 11) is -1.47. The molecule has 0 spiro atoms. The van der Waals surface area contributed by atoms with Crippen molar-refractivity contribution < 1.29 is 8.73 Å². The van der Waals surface area contributed by atoms with Crippen molar-refractivity contribution in [3.8, 4) is 0 Å². The fourth-order valence-corrected chi connectivity index (χ4v) is 1.30. The van der Waals surface area contributed by atoms with Gasteiger partial charge < -0.3 is 4.52 Å². The van der Waals surface area contributed by atoms with Gasteiger partial charge >= 0.3 is 0 Å². The van der Waals surface area contributed by atoms with E-state index in [0.29, 0.717) is 10.6 Å². The van der Waals surface area contributed by atoms with E-state index >= 15 is 0 Å². The molecule has 0 aromatic carbocycles. The van der Waals surface area contributed by atoms with E-state index < -0.39 is 11.0 Å². The lowest BCUT2D eigenvalue weighted by Crippen LogP contribution is -2.02. The van der Waals surface area contributed by atoms with Crippen molar-refractivity contribution in [3.05, 3.63) is 12.0 Å². The largest absolute Gasteiger partial charge is 0.363 e. The van der Waals surface area contributed by atoms with Gasteiger partial charge in [0.05, 0.1) is 5.69 Å². The van der Waals surface area contributed by atoms with Crippen molar-refractivity contribution >= 4 is 11.0 Å². The Labute approximate surface area is 87.4 Å². The third kappa shape index (κ3) is 5.14. The van der Waals surface area contributed by atoms with Gasteiger partial charge in [0.15, 0.2) is 0 Å². The van der Waals surface area contributed by atoms with Crippen LogP contribution in [0.4, 0.5) is 0 Å². The summed E-state index contributed by atoms with van der Waals surface area (Å²) in [6, 6.07) is 0. The number of aromatic nitrogens is 1. The van der Waals surface area contributed by atoms with E-state index in [0.717, 1.165) is 0 Å². The summed E-state index contributed by atoms with van der Waals surface area (Å²) in [4.78, 5) is 0.454. The molecular formula is C9H18N2O2S. The Kier molecular flexibility index (Phi) is 7.32. The molecule has 0 aliphatic carbocycles. The molecule has 0 saturated heterocycles. The van der Waals surface area contributed by atoms with E-state index in [1.54, 1.807) is 6.92 Å². The summed E-state index contributed by atoms with van der Waals surface area (Å²) in [6.45, 7) is 6.11. The second kappa shape index (κ2) is 7.70. The van der Waals surface area contributed by atoms with Gasteiger partial charge in [-0.1, -0.05) is 38.3 Å². The van der Waals surface area contributed by atoms with Gasteiger partial charge in [-0.05, 0) is 6.92 Å². The molecule has 1 atom stereocenters. The monoisotopic (exact) mass is 218 g/mol. The van der Waals surface area contributed by atoms with Crippen LogP contribution in [0, 0.1) is 6.92 Å². The van der Waals surface area contributed by atoms with E-state index in [1.165, 1.54) is 25.5 Å². The number of nitrogens with zero attached hydrogens (tertiary/aromatic N) is 1. The Bertz CT molecular complexity index is 272. The van der Waals surface area contributed by atoms with Crippen LogP contribution in [0.2, 0.25) is 0 Å². The van der Waals surface area contributed by atoms with Crippen LogP contribution in [0.25, 0.3) is 0 Å². The van der Waals surface area contributed by atoms with Crippen LogP contribution in [0.5, 0.6) is 0 Å². The lowest BCUT2D eigenvalue weighted by atomic mass is 10.3. The topological polar surface area (TPSA) is 69.1 Å². The third-order valence-corrected chi connectivity index (χ3v) is 2.45. The van der Waals surface area contributed by atoms with Crippen LogP contribution in [0.3, 0.4) is 0 Å². The second-order valence-corrected chi connectivity index (χ2v) is 3.95. The summed E-state index contributed by atoms with van der Waals surface area (Å²) in [5.41, 5.74) is 0.579. The van der Waals surface area contributed by atoms with Crippen LogP contribution in [0.15, 0.2) is 15.7 Å². The van der Waals surface area contributed by atoms with Crippen molar-refractivity contribution in [2.45, 2.75) is 44.9 Å². The summed E-state index contributed by atoms with van der Waals surface area (Å²) in [6.07, 6.45) is 5.36. The van der Waals surface area contributed by atoms with Gasteiger partial charge in [0, 0.05) is 0 Å². The first-order valence-corrected chi connectivity index (χ1v) is 5.91. The Hall–Kier alpha value is -0.680. The molecule has 5 heteroatoms. The first-order valence-electron chi connectivity index (χ1n) is 4.70. The lowest BCUT2D eigenvalue weighted by Gasteiger charge is -1.84. The molecule has 0 saturated carbocycles. The molecule has 0 bridgehead atoms. The van der Waals surface area contributed by atoms with Crippen molar-refractivity contribution in [3.63, 3.8) is 0 Å². The average molecular weight is 218 g/mol. The highest BCUT2D eigenvalue weighted by molar-refractivity contribution is 7.82. The standard InChI is InChI=1S/C5H12.C4H6N2O2S/c1-3-5-4-2;1-3-4(9(5)7)2-8-6-3/h3-5H2,1-2H3;2H,5H2,1H3. The molecule has 2 N–H and O–H groups in total. The number of rotatable bonds is 3. The maximum absolute atomic E-state index is 10.5. The van der Waals surface area contributed by atoms with Gasteiger partial charge in [0.2, 0.25) is 0 Å². The Balaban J connectivity index is 0.000000292. The molecule has 4 nitrogen and oxygen atoms in total.